The summed E-state index contributed by atoms with van der Waals surface area (Å²) in [6.45, 7) is 15.1. The lowest BCUT2D eigenvalue weighted by Gasteiger charge is -2.28. The fourth-order valence-corrected chi connectivity index (χ4v) is 4.16. The molecule has 0 unspecified atom stereocenters. The Hall–Kier alpha value is -1.51. The fraction of sp³-hybridized carbons (Fsp3) is 0.708. The summed E-state index contributed by atoms with van der Waals surface area (Å²) in [6, 6.07) is 2.24. The standard InChI is InChI=1S/C24H40N2O/c1-7-9-11-12-15-26-16-13-20-18(3)17-19(4)21(22(20)26)25-23(27)24(5,6)14-10-8-2/h17H,7-16H2,1-6H3,(H,25,27). The Morgan fingerprint density at radius 2 is 1.78 bits per heavy atom. The number of unbranched alkanes of at least 4 members (excludes halogenated alkanes) is 4. The molecule has 1 aromatic carbocycles. The molecule has 152 valence electrons. The zero-order valence-corrected chi connectivity index (χ0v) is 18.5. The molecule has 1 aliphatic heterocycles. The quantitative estimate of drug-likeness (QED) is 0.482. The van der Waals surface area contributed by atoms with Crippen molar-refractivity contribution in [2.75, 3.05) is 23.3 Å². The van der Waals surface area contributed by atoms with E-state index in [1.54, 1.807) is 0 Å². The Bertz CT molecular complexity index is 648. The summed E-state index contributed by atoms with van der Waals surface area (Å²) in [6.07, 6.45) is 9.34. The summed E-state index contributed by atoms with van der Waals surface area (Å²) < 4.78 is 0. The molecular weight excluding hydrogens is 332 g/mol. The number of hydrogen-bond donors (Lipinski definition) is 1. The van der Waals surface area contributed by atoms with Gasteiger partial charge in [0.25, 0.3) is 0 Å². The van der Waals surface area contributed by atoms with Crippen LogP contribution in [-0.4, -0.2) is 19.0 Å². The molecule has 0 fully saturated rings. The van der Waals surface area contributed by atoms with Gasteiger partial charge in [0.05, 0.1) is 11.4 Å². The summed E-state index contributed by atoms with van der Waals surface area (Å²) in [5.74, 6) is 0.155. The van der Waals surface area contributed by atoms with Crippen molar-refractivity contribution >= 4 is 17.3 Å². The molecule has 0 saturated carbocycles. The number of amides is 1. The second kappa shape index (κ2) is 9.61. The number of fused-ring (bicyclic) bond motifs is 1. The number of carbonyl (C=O) groups is 1. The summed E-state index contributed by atoms with van der Waals surface area (Å²) in [4.78, 5) is 15.6. The third kappa shape index (κ3) is 5.27. The maximum atomic E-state index is 13.1. The largest absolute Gasteiger partial charge is 0.369 e. The molecule has 3 nitrogen and oxygen atoms in total. The van der Waals surface area contributed by atoms with Gasteiger partial charge in [0, 0.05) is 18.5 Å². The molecule has 1 N–H and O–H groups in total. The highest BCUT2D eigenvalue weighted by Crippen LogP contribution is 2.41. The molecule has 0 radical (unpaired) electrons. The highest BCUT2D eigenvalue weighted by atomic mass is 16.2. The molecule has 0 aliphatic carbocycles. The van der Waals surface area contributed by atoms with Crippen molar-refractivity contribution in [1.29, 1.82) is 0 Å². The van der Waals surface area contributed by atoms with E-state index in [1.165, 1.54) is 48.1 Å². The van der Waals surface area contributed by atoms with Crippen molar-refractivity contribution in [2.24, 2.45) is 5.41 Å². The minimum absolute atomic E-state index is 0.155. The van der Waals surface area contributed by atoms with Gasteiger partial charge in [-0.15, -0.1) is 0 Å². The van der Waals surface area contributed by atoms with Crippen molar-refractivity contribution < 1.29 is 4.79 Å². The molecule has 0 saturated heterocycles. The molecule has 3 heteroatoms. The highest BCUT2D eigenvalue weighted by Gasteiger charge is 2.31. The van der Waals surface area contributed by atoms with E-state index < -0.39 is 0 Å². The summed E-state index contributed by atoms with van der Waals surface area (Å²) in [5.41, 5.74) is 6.00. The van der Waals surface area contributed by atoms with Crippen LogP contribution < -0.4 is 10.2 Å². The lowest BCUT2D eigenvalue weighted by molar-refractivity contribution is -0.124. The molecule has 1 heterocycles. The lowest BCUT2D eigenvalue weighted by atomic mass is 9.86. The first-order valence-corrected chi connectivity index (χ1v) is 11.0. The summed E-state index contributed by atoms with van der Waals surface area (Å²) in [7, 11) is 0. The first kappa shape index (κ1) is 21.8. The summed E-state index contributed by atoms with van der Waals surface area (Å²) >= 11 is 0. The second-order valence-corrected chi connectivity index (χ2v) is 8.95. The van der Waals surface area contributed by atoms with Crippen LogP contribution in [0.4, 0.5) is 11.4 Å². The predicted molar refractivity (Wildman–Crippen MR) is 118 cm³/mol. The number of nitrogens with one attached hydrogen (secondary N) is 1. The third-order valence-corrected chi connectivity index (χ3v) is 6.06. The topological polar surface area (TPSA) is 32.3 Å². The van der Waals surface area contributed by atoms with Crippen molar-refractivity contribution in [2.45, 2.75) is 92.9 Å². The highest BCUT2D eigenvalue weighted by molar-refractivity contribution is 5.99. The number of aryl methyl sites for hydroxylation is 2. The van der Waals surface area contributed by atoms with Gasteiger partial charge in [-0.2, -0.15) is 0 Å². The van der Waals surface area contributed by atoms with E-state index in [0.29, 0.717) is 0 Å². The first-order valence-electron chi connectivity index (χ1n) is 11.0. The number of benzene rings is 1. The van der Waals surface area contributed by atoms with E-state index >= 15 is 0 Å². The van der Waals surface area contributed by atoms with Crippen LogP contribution in [-0.2, 0) is 11.2 Å². The van der Waals surface area contributed by atoms with E-state index in [9.17, 15) is 4.79 Å². The van der Waals surface area contributed by atoms with Crippen LogP contribution in [0.15, 0.2) is 6.07 Å². The van der Waals surface area contributed by atoms with Crippen molar-refractivity contribution in [3.05, 3.63) is 22.8 Å². The maximum Gasteiger partial charge on any atom is 0.230 e. The number of nitrogens with zero attached hydrogens (tertiary/aromatic N) is 1. The SMILES string of the molecule is CCCCCCN1CCc2c(C)cc(C)c(NC(=O)C(C)(C)CCCC)c21. The molecule has 0 bridgehead atoms. The van der Waals surface area contributed by atoms with Crippen molar-refractivity contribution in [3.8, 4) is 0 Å². The zero-order valence-electron chi connectivity index (χ0n) is 18.5. The number of rotatable bonds is 10. The normalized spacial score (nSPS) is 13.8. The summed E-state index contributed by atoms with van der Waals surface area (Å²) in [5, 5.41) is 3.34. The molecule has 1 aromatic rings. The minimum Gasteiger partial charge on any atom is -0.369 e. The molecule has 0 aromatic heterocycles. The fourth-order valence-electron chi connectivity index (χ4n) is 4.16. The third-order valence-electron chi connectivity index (χ3n) is 6.06. The Morgan fingerprint density at radius 3 is 2.44 bits per heavy atom. The van der Waals surface area contributed by atoms with Gasteiger partial charge in [-0.1, -0.05) is 65.9 Å². The van der Waals surface area contributed by atoms with Gasteiger partial charge in [-0.3, -0.25) is 4.79 Å². The zero-order chi connectivity index (χ0) is 20.0. The first-order chi connectivity index (χ1) is 12.8. The number of hydrogen-bond acceptors (Lipinski definition) is 2. The van der Waals surface area contributed by atoms with Gasteiger partial charge in [-0.25, -0.2) is 0 Å². The lowest BCUT2D eigenvalue weighted by Crippen LogP contribution is -2.32. The van der Waals surface area contributed by atoms with Crippen LogP contribution in [0.1, 0.15) is 89.3 Å². The van der Waals surface area contributed by atoms with Crippen LogP contribution >= 0.6 is 0 Å². The molecule has 0 atom stereocenters. The van der Waals surface area contributed by atoms with E-state index in [1.807, 2.05) is 0 Å². The molecule has 1 aliphatic rings. The number of carbonyl (C=O) groups excluding carboxylic acids is 1. The monoisotopic (exact) mass is 372 g/mol. The van der Waals surface area contributed by atoms with E-state index in [4.69, 9.17) is 0 Å². The van der Waals surface area contributed by atoms with E-state index in [-0.39, 0.29) is 11.3 Å². The van der Waals surface area contributed by atoms with E-state index in [0.717, 1.165) is 44.5 Å². The smallest absolute Gasteiger partial charge is 0.230 e. The van der Waals surface area contributed by atoms with Crippen LogP contribution in [0, 0.1) is 19.3 Å². The molecule has 27 heavy (non-hydrogen) atoms. The average molecular weight is 373 g/mol. The number of anilines is 2. The molecular formula is C24H40N2O. The van der Waals surface area contributed by atoms with Crippen molar-refractivity contribution in [1.82, 2.24) is 0 Å². The minimum atomic E-state index is -0.329. The Morgan fingerprint density at radius 1 is 1.07 bits per heavy atom. The molecule has 2 rings (SSSR count). The van der Waals surface area contributed by atoms with E-state index in [2.05, 4.69) is 57.8 Å². The van der Waals surface area contributed by atoms with Gasteiger partial charge < -0.3 is 10.2 Å². The van der Waals surface area contributed by atoms with Gasteiger partial charge in [0.1, 0.15) is 0 Å². The molecule has 1 amide bonds. The Labute approximate surface area is 166 Å². The average Bonchev–Trinajstić information content (AvgIpc) is 3.04. The van der Waals surface area contributed by atoms with Crippen molar-refractivity contribution in [3.63, 3.8) is 0 Å². The van der Waals surface area contributed by atoms with Crippen LogP contribution in [0.5, 0.6) is 0 Å². The molecule has 0 spiro atoms. The van der Waals surface area contributed by atoms with Gasteiger partial charge in [0.2, 0.25) is 5.91 Å². The van der Waals surface area contributed by atoms with Crippen LogP contribution in [0.2, 0.25) is 0 Å². The van der Waals surface area contributed by atoms with Gasteiger partial charge >= 0.3 is 0 Å². The Kier molecular flexibility index (Phi) is 7.76. The second-order valence-electron chi connectivity index (χ2n) is 8.95. The Balaban J connectivity index is 2.24. The van der Waals surface area contributed by atoms with Crippen LogP contribution in [0.3, 0.4) is 0 Å². The predicted octanol–water partition coefficient (Wildman–Crippen LogP) is 6.40. The van der Waals surface area contributed by atoms with Crippen LogP contribution in [0.25, 0.3) is 0 Å². The maximum absolute atomic E-state index is 13.1. The van der Waals surface area contributed by atoms with Gasteiger partial charge in [-0.05, 0) is 49.8 Å². The van der Waals surface area contributed by atoms with Gasteiger partial charge in [0.15, 0.2) is 0 Å².